The Balaban J connectivity index is 2.57. The second kappa shape index (κ2) is 5.89. The van der Waals surface area contributed by atoms with Gasteiger partial charge in [0, 0.05) is 6.61 Å². The summed E-state index contributed by atoms with van der Waals surface area (Å²) in [5.74, 6) is 0. The summed E-state index contributed by atoms with van der Waals surface area (Å²) in [7, 11) is 0. The van der Waals surface area contributed by atoms with Gasteiger partial charge in [-0.15, -0.1) is 0 Å². The number of aliphatic hydroxyl groups is 1. The molecule has 84 valence electrons. The van der Waals surface area contributed by atoms with E-state index in [1.807, 2.05) is 18.2 Å². The molecule has 0 saturated heterocycles. The summed E-state index contributed by atoms with van der Waals surface area (Å²) in [4.78, 5) is 0. The molecule has 2 nitrogen and oxygen atoms in total. The van der Waals surface area contributed by atoms with Crippen LogP contribution in [0.4, 0.5) is 0 Å². The smallest absolute Gasteiger partial charge is 0.102 e. The fraction of sp³-hybridized carbons (Fsp3) is 0.538. The zero-order chi connectivity index (χ0) is 11.3. The summed E-state index contributed by atoms with van der Waals surface area (Å²) < 4.78 is 5.32. The highest BCUT2D eigenvalue weighted by Gasteiger charge is 2.07. The quantitative estimate of drug-likeness (QED) is 0.754. The fourth-order valence-electron chi connectivity index (χ4n) is 1.41. The van der Waals surface area contributed by atoms with Crippen LogP contribution >= 0.6 is 0 Å². The van der Waals surface area contributed by atoms with Crippen molar-refractivity contribution in [2.75, 3.05) is 13.2 Å². The predicted molar refractivity (Wildman–Crippen MR) is 62.0 cm³/mol. The van der Waals surface area contributed by atoms with Gasteiger partial charge in [-0.1, -0.05) is 25.1 Å². The molecule has 2 heteroatoms. The van der Waals surface area contributed by atoms with Gasteiger partial charge in [-0.25, -0.2) is 0 Å². The van der Waals surface area contributed by atoms with E-state index in [2.05, 4.69) is 20.8 Å². The molecule has 0 spiro atoms. The summed E-state index contributed by atoms with van der Waals surface area (Å²) in [6.07, 6.45) is 0.482. The van der Waals surface area contributed by atoms with Crippen molar-refractivity contribution < 1.29 is 9.84 Å². The van der Waals surface area contributed by atoms with Crippen molar-refractivity contribution in [2.24, 2.45) is 0 Å². The average molecular weight is 208 g/mol. The van der Waals surface area contributed by atoms with Crippen LogP contribution in [0.3, 0.4) is 0 Å². The molecule has 0 amide bonds. The van der Waals surface area contributed by atoms with E-state index in [1.54, 1.807) is 0 Å². The maximum absolute atomic E-state index is 9.84. The summed E-state index contributed by atoms with van der Waals surface area (Å²) in [6, 6.07) is 6.02. The Morgan fingerprint density at radius 1 is 1.27 bits per heavy atom. The van der Waals surface area contributed by atoms with E-state index in [9.17, 15) is 5.11 Å². The zero-order valence-electron chi connectivity index (χ0n) is 9.79. The van der Waals surface area contributed by atoms with Crippen LogP contribution in [-0.4, -0.2) is 18.3 Å². The molecule has 1 rings (SSSR count). The largest absolute Gasteiger partial charge is 0.386 e. The number of ether oxygens (including phenoxy) is 1. The number of aliphatic hydroxyl groups excluding tert-OH is 1. The first kappa shape index (κ1) is 12.2. The Morgan fingerprint density at radius 3 is 2.60 bits per heavy atom. The predicted octanol–water partition coefficient (Wildman–Crippen LogP) is 2.76. The maximum Gasteiger partial charge on any atom is 0.102 e. The van der Waals surface area contributed by atoms with Crippen LogP contribution in [0.2, 0.25) is 0 Å². The van der Waals surface area contributed by atoms with E-state index in [0.29, 0.717) is 13.2 Å². The number of hydrogen-bond donors (Lipinski definition) is 1. The molecule has 15 heavy (non-hydrogen) atoms. The molecule has 1 N–H and O–H groups in total. The first-order valence-electron chi connectivity index (χ1n) is 5.48. The van der Waals surface area contributed by atoms with Gasteiger partial charge in [0.25, 0.3) is 0 Å². The molecular formula is C13H20O2. The average Bonchev–Trinajstić information content (AvgIpc) is 2.22. The van der Waals surface area contributed by atoms with Gasteiger partial charge < -0.3 is 9.84 Å². The van der Waals surface area contributed by atoms with Crippen LogP contribution in [-0.2, 0) is 4.74 Å². The van der Waals surface area contributed by atoms with Gasteiger partial charge in [0.15, 0.2) is 0 Å². The molecule has 0 heterocycles. The molecular weight excluding hydrogens is 188 g/mol. The lowest BCUT2D eigenvalue weighted by molar-refractivity contribution is 0.0363. The first-order chi connectivity index (χ1) is 7.15. The second-order valence-corrected chi connectivity index (χ2v) is 3.93. The van der Waals surface area contributed by atoms with Crippen molar-refractivity contribution in [3.05, 3.63) is 34.9 Å². The van der Waals surface area contributed by atoms with Crippen molar-refractivity contribution >= 4 is 0 Å². The van der Waals surface area contributed by atoms with E-state index >= 15 is 0 Å². The fourth-order valence-corrected chi connectivity index (χ4v) is 1.41. The van der Waals surface area contributed by atoms with E-state index < -0.39 is 6.10 Å². The SMILES string of the molecule is CCCOCC(O)c1ccc(C)c(C)c1. The Morgan fingerprint density at radius 2 is 2.00 bits per heavy atom. The lowest BCUT2D eigenvalue weighted by Gasteiger charge is -2.12. The molecule has 0 fully saturated rings. The van der Waals surface area contributed by atoms with Crippen molar-refractivity contribution in [3.8, 4) is 0 Å². The van der Waals surface area contributed by atoms with E-state index in [1.165, 1.54) is 11.1 Å². The molecule has 1 aromatic carbocycles. The first-order valence-corrected chi connectivity index (χ1v) is 5.48. The van der Waals surface area contributed by atoms with Gasteiger partial charge in [0.2, 0.25) is 0 Å². The normalized spacial score (nSPS) is 12.8. The Labute approximate surface area is 91.9 Å². The Bertz CT molecular complexity index is 307. The highest BCUT2D eigenvalue weighted by molar-refractivity contribution is 5.31. The van der Waals surface area contributed by atoms with Crippen molar-refractivity contribution in [1.29, 1.82) is 0 Å². The topological polar surface area (TPSA) is 29.5 Å². The monoisotopic (exact) mass is 208 g/mol. The summed E-state index contributed by atoms with van der Waals surface area (Å²) in [6.45, 7) is 7.28. The summed E-state index contributed by atoms with van der Waals surface area (Å²) >= 11 is 0. The Kier molecular flexibility index (Phi) is 4.79. The van der Waals surface area contributed by atoms with Crippen LogP contribution in [0.5, 0.6) is 0 Å². The van der Waals surface area contributed by atoms with Crippen LogP contribution in [0, 0.1) is 13.8 Å². The van der Waals surface area contributed by atoms with Gasteiger partial charge in [0.05, 0.1) is 6.61 Å². The molecule has 1 atom stereocenters. The van der Waals surface area contributed by atoms with Crippen molar-refractivity contribution in [2.45, 2.75) is 33.3 Å². The molecule has 1 aromatic rings. The van der Waals surface area contributed by atoms with Crippen LogP contribution in [0.25, 0.3) is 0 Å². The molecule has 0 aliphatic heterocycles. The van der Waals surface area contributed by atoms with Crippen molar-refractivity contribution in [3.63, 3.8) is 0 Å². The minimum absolute atomic E-state index is 0.385. The highest BCUT2D eigenvalue weighted by Crippen LogP contribution is 2.17. The lowest BCUT2D eigenvalue weighted by Crippen LogP contribution is -2.08. The number of hydrogen-bond acceptors (Lipinski definition) is 2. The third-order valence-corrected chi connectivity index (χ3v) is 2.54. The van der Waals surface area contributed by atoms with Crippen LogP contribution in [0.1, 0.15) is 36.1 Å². The number of benzene rings is 1. The van der Waals surface area contributed by atoms with E-state index in [0.717, 1.165) is 12.0 Å². The minimum atomic E-state index is -0.504. The second-order valence-electron chi connectivity index (χ2n) is 3.93. The highest BCUT2D eigenvalue weighted by atomic mass is 16.5. The number of aryl methyl sites for hydroxylation is 2. The zero-order valence-corrected chi connectivity index (χ0v) is 9.79. The lowest BCUT2D eigenvalue weighted by atomic mass is 10.0. The standard InChI is InChI=1S/C13H20O2/c1-4-7-15-9-13(14)12-6-5-10(2)11(3)8-12/h5-6,8,13-14H,4,7,9H2,1-3H3. The molecule has 0 aliphatic carbocycles. The third-order valence-electron chi connectivity index (χ3n) is 2.54. The van der Waals surface area contributed by atoms with Crippen LogP contribution in [0.15, 0.2) is 18.2 Å². The van der Waals surface area contributed by atoms with Crippen molar-refractivity contribution in [1.82, 2.24) is 0 Å². The van der Waals surface area contributed by atoms with Gasteiger partial charge in [0.1, 0.15) is 6.10 Å². The molecule has 0 aromatic heterocycles. The van der Waals surface area contributed by atoms with Gasteiger partial charge in [-0.3, -0.25) is 0 Å². The molecule has 0 saturated carbocycles. The maximum atomic E-state index is 9.84. The van der Waals surface area contributed by atoms with Gasteiger partial charge in [-0.2, -0.15) is 0 Å². The van der Waals surface area contributed by atoms with E-state index in [4.69, 9.17) is 4.74 Å². The molecule has 0 aliphatic rings. The van der Waals surface area contributed by atoms with Gasteiger partial charge in [-0.05, 0) is 37.0 Å². The summed E-state index contributed by atoms with van der Waals surface area (Å²) in [5.41, 5.74) is 3.40. The third kappa shape index (κ3) is 3.65. The van der Waals surface area contributed by atoms with E-state index in [-0.39, 0.29) is 0 Å². The number of rotatable bonds is 5. The summed E-state index contributed by atoms with van der Waals surface area (Å²) in [5, 5.41) is 9.84. The minimum Gasteiger partial charge on any atom is -0.386 e. The molecule has 0 bridgehead atoms. The van der Waals surface area contributed by atoms with Crippen LogP contribution < -0.4 is 0 Å². The Hall–Kier alpha value is -0.860. The molecule has 1 unspecified atom stereocenters. The molecule has 0 radical (unpaired) electrons. The van der Waals surface area contributed by atoms with Gasteiger partial charge >= 0.3 is 0 Å².